The molecule has 0 heterocycles. The number of hydrogen-bond acceptors (Lipinski definition) is 3. The number of likely N-dealkylation sites (N-methyl/N-ethyl adjacent to an activating group) is 1. The first-order valence-corrected chi connectivity index (χ1v) is 8.50. The van der Waals surface area contributed by atoms with Crippen molar-refractivity contribution in [2.75, 3.05) is 25.4 Å². The zero-order valence-corrected chi connectivity index (χ0v) is 14.8. The monoisotopic (exact) mass is 325 g/mol. The van der Waals surface area contributed by atoms with Gasteiger partial charge in [0, 0.05) is 17.8 Å². The molecule has 0 radical (unpaired) electrons. The van der Waals surface area contributed by atoms with Crippen LogP contribution in [0.1, 0.15) is 41.4 Å². The second-order valence-electron chi connectivity index (χ2n) is 5.93. The maximum atomic E-state index is 12.6. The summed E-state index contributed by atoms with van der Waals surface area (Å²) in [5.74, 6) is -0.0760. The molecule has 2 aromatic carbocycles. The minimum absolute atomic E-state index is 0.0760. The van der Waals surface area contributed by atoms with E-state index in [1.165, 1.54) is 5.56 Å². The molecule has 3 N–H and O–H groups in total. The first-order chi connectivity index (χ1) is 11.6. The van der Waals surface area contributed by atoms with Crippen LogP contribution in [0.3, 0.4) is 0 Å². The fraction of sp³-hybridized carbons (Fsp3) is 0.350. The summed E-state index contributed by atoms with van der Waals surface area (Å²) in [4.78, 5) is 14.9. The van der Waals surface area contributed by atoms with Gasteiger partial charge in [0.25, 0.3) is 5.91 Å². The molecule has 2 rings (SSSR count). The normalized spacial score (nSPS) is 12.2. The van der Waals surface area contributed by atoms with Crippen LogP contribution in [0.15, 0.2) is 48.5 Å². The van der Waals surface area contributed by atoms with Gasteiger partial charge >= 0.3 is 0 Å². The van der Waals surface area contributed by atoms with Gasteiger partial charge < -0.3 is 11.1 Å². The van der Waals surface area contributed by atoms with E-state index in [4.69, 9.17) is 5.73 Å². The smallest absolute Gasteiger partial charge is 0.251 e. The fourth-order valence-electron chi connectivity index (χ4n) is 2.97. The molecule has 0 saturated carbocycles. The van der Waals surface area contributed by atoms with Crippen molar-refractivity contribution in [3.63, 3.8) is 0 Å². The van der Waals surface area contributed by atoms with E-state index in [0.29, 0.717) is 17.8 Å². The van der Waals surface area contributed by atoms with Crippen molar-refractivity contribution >= 4 is 11.6 Å². The van der Waals surface area contributed by atoms with Gasteiger partial charge in [-0.2, -0.15) is 0 Å². The highest BCUT2D eigenvalue weighted by Crippen LogP contribution is 2.20. The van der Waals surface area contributed by atoms with Crippen LogP contribution in [0.4, 0.5) is 5.69 Å². The molecule has 1 unspecified atom stereocenters. The second-order valence-corrected chi connectivity index (χ2v) is 5.93. The van der Waals surface area contributed by atoms with Gasteiger partial charge in [0.05, 0.1) is 6.04 Å². The number of hydrogen-bond donors (Lipinski definition) is 2. The Morgan fingerprint density at radius 1 is 1.12 bits per heavy atom. The molecule has 0 spiro atoms. The molecule has 128 valence electrons. The topological polar surface area (TPSA) is 58.4 Å². The quantitative estimate of drug-likeness (QED) is 0.767. The number of carbonyl (C=O) groups is 1. The summed E-state index contributed by atoms with van der Waals surface area (Å²) < 4.78 is 0. The van der Waals surface area contributed by atoms with Crippen LogP contribution in [0.5, 0.6) is 0 Å². The Bertz CT molecular complexity index is 666. The van der Waals surface area contributed by atoms with Crippen LogP contribution in [-0.4, -0.2) is 30.4 Å². The predicted molar refractivity (Wildman–Crippen MR) is 100 cm³/mol. The third-order valence-corrected chi connectivity index (χ3v) is 4.40. The van der Waals surface area contributed by atoms with Crippen molar-refractivity contribution in [3.8, 4) is 0 Å². The zero-order valence-electron chi connectivity index (χ0n) is 14.8. The number of nitrogens with zero attached hydrogens (tertiary/aromatic N) is 1. The summed E-state index contributed by atoms with van der Waals surface area (Å²) in [5.41, 5.74) is 9.21. The Kier molecular flexibility index (Phi) is 6.38. The minimum Gasteiger partial charge on any atom is -0.399 e. The van der Waals surface area contributed by atoms with Crippen molar-refractivity contribution in [1.82, 2.24) is 10.2 Å². The first-order valence-electron chi connectivity index (χ1n) is 8.50. The van der Waals surface area contributed by atoms with Crippen molar-refractivity contribution in [3.05, 3.63) is 65.2 Å². The molecule has 0 bridgehead atoms. The molecule has 4 nitrogen and oxygen atoms in total. The molecule has 24 heavy (non-hydrogen) atoms. The molecule has 0 aliphatic rings. The Morgan fingerprint density at radius 2 is 1.79 bits per heavy atom. The number of benzene rings is 2. The Balaban J connectivity index is 2.15. The zero-order chi connectivity index (χ0) is 17.5. The molecular formula is C20H27N3O. The second kappa shape index (κ2) is 8.50. The molecule has 1 atom stereocenters. The highest BCUT2D eigenvalue weighted by atomic mass is 16.1. The third kappa shape index (κ3) is 4.36. The van der Waals surface area contributed by atoms with Crippen molar-refractivity contribution in [1.29, 1.82) is 0 Å². The van der Waals surface area contributed by atoms with E-state index in [0.717, 1.165) is 18.7 Å². The standard InChI is InChI=1S/C20H27N3O/c1-4-23(5-2)19(16-9-7-6-8-10-16)14-22-20(24)18-13-17(21)12-11-15(18)3/h6-13,19H,4-5,14,21H2,1-3H3,(H,22,24). The number of nitrogen functional groups attached to an aromatic ring is 1. The fourth-order valence-corrected chi connectivity index (χ4v) is 2.97. The van der Waals surface area contributed by atoms with Crippen LogP contribution in [0.25, 0.3) is 0 Å². The molecule has 4 heteroatoms. The maximum Gasteiger partial charge on any atom is 0.251 e. The van der Waals surface area contributed by atoms with Crippen molar-refractivity contribution in [2.24, 2.45) is 0 Å². The lowest BCUT2D eigenvalue weighted by Crippen LogP contribution is -2.38. The molecule has 0 fully saturated rings. The van der Waals surface area contributed by atoms with E-state index in [9.17, 15) is 4.79 Å². The van der Waals surface area contributed by atoms with Gasteiger partial charge in [-0.25, -0.2) is 0 Å². The number of aryl methyl sites for hydroxylation is 1. The number of rotatable bonds is 7. The summed E-state index contributed by atoms with van der Waals surface area (Å²) in [7, 11) is 0. The van der Waals surface area contributed by atoms with E-state index < -0.39 is 0 Å². The summed E-state index contributed by atoms with van der Waals surface area (Å²) in [5, 5.41) is 3.08. The average Bonchev–Trinajstić information content (AvgIpc) is 2.61. The summed E-state index contributed by atoms with van der Waals surface area (Å²) in [6, 6.07) is 15.9. The highest BCUT2D eigenvalue weighted by Gasteiger charge is 2.19. The number of carbonyl (C=O) groups excluding carboxylic acids is 1. The number of anilines is 1. The van der Waals surface area contributed by atoms with E-state index in [1.54, 1.807) is 6.07 Å². The molecule has 0 aromatic heterocycles. The summed E-state index contributed by atoms with van der Waals surface area (Å²) in [6.07, 6.45) is 0. The van der Waals surface area contributed by atoms with Gasteiger partial charge in [-0.1, -0.05) is 50.2 Å². The van der Waals surface area contributed by atoms with E-state index >= 15 is 0 Å². The van der Waals surface area contributed by atoms with Gasteiger partial charge in [0.1, 0.15) is 0 Å². The van der Waals surface area contributed by atoms with E-state index in [1.807, 2.05) is 37.3 Å². The van der Waals surface area contributed by atoms with Crippen LogP contribution in [-0.2, 0) is 0 Å². The SMILES string of the molecule is CCN(CC)C(CNC(=O)c1cc(N)ccc1C)c1ccccc1. The first kappa shape index (κ1) is 18.0. The average molecular weight is 325 g/mol. The third-order valence-electron chi connectivity index (χ3n) is 4.40. The Labute approximate surface area is 144 Å². The van der Waals surface area contributed by atoms with E-state index in [-0.39, 0.29) is 11.9 Å². The lowest BCUT2D eigenvalue weighted by molar-refractivity contribution is 0.0934. The van der Waals surface area contributed by atoms with Gasteiger partial charge in [-0.15, -0.1) is 0 Å². The van der Waals surface area contributed by atoms with Crippen LogP contribution in [0, 0.1) is 6.92 Å². The Morgan fingerprint density at radius 3 is 2.42 bits per heavy atom. The predicted octanol–water partition coefficient (Wildman–Crippen LogP) is 3.39. The van der Waals surface area contributed by atoms with Gasteiger partial charge in [-0.05, 0) is 43.3 Å². The molecule has 0 aliphatic heterocycles. The molecular weight excluding hydrogens is 298 g/mol. The Hall–Kier alpha value is -2.33. The molecule has 1 amide bonds. The number of nitrogens with two attached hydrogens (primary N) is 1. The number of nitrogens with one attached hydrogen (secondary N) is 1. The minimum atomic E-state index is -0.0760. The molecule has 2 aromatic rings. The molecule has 0 saturated heterocycles. The maximum absolute atomic E-state index is 12.6. The molecule has 0 aliphatic carbocycles. The van der Waals surface area contributed by atoms with Crippen molar-refractivity contribution < 1.29 is 4.79 Å². The van der Waals surface area contributed by atoms with Gasteiger partial charge in [0.15, 0.2) is 0 Å². The largest absolute Gasteiger partial charge is 0.399 e. The highest BCUT2D eigenvalue weighted by molar-refractivity contribution is 5.96. The van der Waals surface area contributed by atoms with Crippen LogP contribution >= 0.6 is 0 Å². The number of amides is 1. The van der Waals surface area contributed by atoms with E-state index in [2.05, 4.69) is 36.2 Å². The lowest BCUT2D eigenvalue weighted by Gasteiger charge is -2.30. The van der Waals surface area contributed by atoms with Gasteiger partial charge in [-0.3, -0.25) is 9.69 Å². The summed E-state index contributed by atoms with van der Waals surface area (Å²) >= 11 is 0. The van der Waals surface area contributed by atoms with Crippen molar-refractivity contribution in [2.45, 2.75) is 26.8 Å². The summed E-state index contributed by atoms with van der Waals surface area (Å²) in [6.45, 7) is 8.64. The van der Waals surface area contributed by atoms with Crippen LogP contribution in [0.2, 0.25) is 0 Å². The lowest BCUT2D eigenvalue weighted by atomic mass is 10.0. The van der Waals surface area contributed by atoms with Crippen LogP contribution < -0.4 is 11.1 Å². The van der Waals surface area contributed by atoms with Gasteiger partial charge in [0.2, 0.25) is 0 Å².